The van der Waals surface area contributed by atoms with E-state index in [1.54, 1.807) is 30.3 Å². The number of hydrogen-bond donors (Lipinski definition) is 1. The molecule has 238 valence electrons. The van der Waals surface area contributed by atoms with E-state index in [0.717, 1.165) is 60.6 Å². The fourth-order valence-electron chi connectivity index (χ4n) is 6.48. The number of para-hydroxylation sites is 1. The number of anilines is 2. The van der Waals surface area contributed by atoms with Crippen LogP contribution in [0.15, 0.2) is 133 Å². The van der Waals surface area contributed by atoms with Crippen molar-refractivity contribution in [2.24, 2.45) is 5.92 Å². The van der Waals surface area contributed by atoms with Gasteiger partial charge in [-0.25, -0.2) is 0 Å². The number of amides is 1. The molecule has 0 bridgehead atoms. The van der Waals surface area contributed by atoms with Gasteiger partial charge in [-0.1, -0.05) is 97.1 Å². The lowest BCUT2D eigenvalue weighted by molar-refractivity contribution is -0.137. The summed E-state index contributed by atoms with van der Waals surface area (Å²) in [5.41, 5.74) is 4.16. The molecule has 1 N–H and O–H groups in total. The van der Waals surface area contributed by atoms with Gasteiger partial charge in [-0.05, 0) is 77.4 Å². The maximum atomic E-state index is 13.6. The van der Waals surface area contributed by atoms with Gasteiger partial charge in [-0.3, -0.25) is 9.59 Å². The lowest BCUT2D eigenvalue weighted by Gasteiger charge is -2.37. The van der Waals surface area contributed by atoms with Crippen LogP contribution in [0.3, 0.4) is 0 Å². The summed E-state index contributed by atoms with van der Waals surface area (Å²) < 4.78 is 40.0. The van der Waals surface area contributed by atoms with Crippen molar-refractivity contribution in [2.75, 3.05) is 23.3 Å². The molecule has 1 aliphatic rings. The molecule has 47 heavy (non-hydrogen) atoms. The Labute approximate surface area is 272 Å². The van der Waals surface area contributed by atoms with Gasteiger partial charge in [0.2, 0.25) is 5.91 Å². The number of carbonyl (C=O) groups excluding carboxylic acids is 2. The highest BCUT2D eigenvalue weighted by Gasteiger charge is 2.33. The molecule has 1 fully saturated rings. The van der Waals surface area contributed by atoms with Crippen molar-refractivity contribution in [3.63, 3.8) is 0 Å². The quantitative estimate of drug-likeness (QED) is 0.165. The zero-order chi connectivity index (χ0) is 32.8. The molecule has 1 atom stereocenters. The van der Waals surface area contributed by atoms with Crippen molar-refractivity contribution < 1.29 is 22.8 Å². The van der Waals surface area contributed by atoms with Crippen molar-refractivity contribution in [2.45, 2.75) is 31.4 Å². The lowest BCUT2D eigenvalue weighted by Crippen LogP contribution is -2.38. The van der Waals surface area contributed by atoms with Gasteiger partial charge in [0.25, 0.3) is 0 Å². The molecule has 1 amide bonds. The number of halogens is 3. The van der Waals surface area contributed by atoms with Crippen LogP contribution >= 0.6 is 0 Å². The standard InChI is InChI=1S/C40H35F3N2O2/c41-40(42,43)32-13-9-12-31(27-32)35-16-7-8-17-36(35)37(46)26-28-18-20-34(21-19-28)45-24-22-30(23-25-45)38(29-10-3-1-4-11-29)39(47)44-33-14-5-2-6-15-33/h1-21,27,30,38H,22-26H2,(H,44,47). The highest BCUT2D eigenvalue weighted by atomic mass is 19.4. The second-order valence-electron chi connectivity index (χ2n) is 12.0. The van der Waals surface area contributed by atoms with Crippen LogP contribution in [0, 0.1) is 5.92 Å². The van der Waals surface area contributed by atoms with Gasteiger partial charge in [-0.2, -0.15) is 13.2 Å². The zero-order valence-corrected chi connectivity index (χ0v) is 25.8. The SMILES string of the molecule is O=C(Cc1ccc(N2CCC(C(C(=O)Nc3ccccc3)c3ccccc3)CC2)cc1)c1ccccc1-c1cccc(C(F)(F)F)c1. The summed E-state index contributed by atoms with van der Waals surface area (Å²) in [4.78, 5) is 29.3. The molecule has 1 heterocycles. The number of benzene rings is 5. The Morgan fingerprint density at radius 3 is 2.06 bits per heavy atom. The molecule has 1 saturated heterocycles. The Balaban J connectivity index is 1.11. The molecule has 0 aliphatic carbocycles. The van der Waals surface area contributed by atoms with Gasteiger partial charge in [0, 0.05) is 36.4 Å². The fourth-order valence-corrected chi connectivity index (χ4v) is 6.48. The number of nitrogens with zero attached hydrogens (tertiary/aromatic N) is 1. The summed E-state index contributed by atoms with van der Waals surface area (Å²) >= 11 is 0. The molecule has 1 unspecified atom stereocenters. The molecule has 1 aliphatic heterocycles. The molecule has 6 rings (SSSR count). The molecule has 0 saturated carbocycles. The van der Waals surface area contributed by atoms with Gasteiger partial charge >= 0.3 is 6.18 Å². The molecule has 5 aromatic rings. The Morgan fingerprint density at radius 2 is 1.38 bits per heavy atom. The van der Waals surface area contributed by atoms with Crippen LogP contribution < -0.4 is 10.2 Å². The topological polar surface area (TPSA) is 49.4 Å². The summed E-state index contributed by atoms with van der Waals surface area (Å²) in [7, 11) is 0. The average Bonchev–Trinajstić information content (AvgIpc) is 3.10. The lowest BCUT2D eigenvalue weighted by atomic mass is 9.79. The molecule has 7 heteroatoms. The fraction of sp³-hybridized carbons (Fsp3) is 0.200. The van der Waals surface area contributed by atoms with Crippen LogP contribution in [0.2, 0.25) is 0 Å². The molecule has 4 nitrogen and oxygen atoms in total. The highest BCUT2D eigenvalue weighted by molar-refractivity contribution is 6.03. The number of ketones is 1. The van der Waals surface area contributed by atoms with Gasteiger partial charge in [-0.15, -0.1) is 0 Å². The van der Waals surface area contributed by atoms with Crippen molar-refractivity contribution in [1.29, 1.82) is 0 Å². The van der Waals surface area contributed by atoms with Crippen LogP contribution in [0.5, 0.6) is 0 Å². The van der Waals surface area contributed by atoms with E-state index in [4.69, 9.17) is 0 Å². The third-order valence-corrected chi connectivity index (χ3v) is 8.89. The first-order chi connectivity index (χ1) is 22.8. The van der Waals surface area contributed by atoms with E-state index >= 15 is 0 Å². The minimum absolute atomic E-state index is 0.00417. The number of rotatable bonds is 9. The normalized spacial score (nSPS) is 14.4. The van der Waals surface area contributed by atoms with E-state index in [9.17, 15) is 22.8 Å². The Bertz CT molecular complexity index is 1810. The molecule has 0 radical (unpaired) electrons. The smallest absolute Gasteiger partial charge is 0.372 e. The van der Waals surface area contributed by atoms with Crippen LogP contribution in [-0.4, -0.2) is 24.8 Å². The van der Waals surface area contributed by atoms with E-state index in [1.807, 2.05) is 84.9 Å². The number of hydrogen-bond acceptors (Lipinski definition) is 3. The van der Waals surface area contributed by atoms with E-state index in [1.165, 1.54) is 6.07 Å². The summed E-state index contributed by atoms with van der Waals surface area (Å²) in [6, 6.07) is 39.3. The first kappa shape index (κ1) is 31.8. The maximum absolute atomic E-state index is 13.6. The molecular formula is C40H35F3N2O2. The van der Waals surface area contributed by atoms with Crippen LogP contribution in [0.25, 0.3) is 11.1 Å². The van der Waals surface area contributed by atoms with E-state index in [-0.39, 0.29) is 29.9 Å². The second-order valence-corrected chi connectivity index (χ2v) is 12.0. The van der Waals surface area contributed by atoms with Crippen molar-refractivity contribution >= 4 is 23.1 Å². The molecule has 0 spiro atoms. The van der Waals surface area contributed by atoms with Gasteiger partial charge in [0.15, 0.2) is 5.78 Å². The molecule has 0 aromatic heterocycles. The summed E-state index contributed by atoms with van der Waals surface area (Å²) in [6.45, 7) is 1.60. The van der Waals surface area contributed by atoms with Gasteiger partial charge < -0.3 is 10.2 Å². The zero-order valence-electron chi connectivity index (χ0n) is 25.8. The summed E-state index contributed by atoms with van der Waals surface area (Å²) in [5, 5.41) is 3.11. The Morgan fingerprint density at radius 1 is 0.745 bits per heavy atom. The van der Waals surface area contributed by atoms with E-state index < -0.39 is 11.7 Å². The number of carbonyl (C=O) groups is 2. The van der Waals surface area contributed by atoms with Gasteiger partial charge in [0.05, 0.1) is 11.5 Å². The Hall–Kier alpha value is -5.17. The monoisotopic (exact) mass is 632 g/mol. The minimum Gasteiger partial charge on any atom is -0.372 e. The Kier molecular flexibility index (Phi) is 9.52. The third-order valence-electron chi connectivity index (χ3n) is 8.89. The highest BCUT2D eigenvalue weighted by Crippen LogP contribution is 2.36. The number of alkyl halides is 3. The average molecular weight is 633 g/mol. The van der Waals surface area contributed by atoms with E-state index in [2.05, 4.69) is 10.2 Å². The molecular weight excluding hydrogens is 597 g/mol. The predicted octanol–water partition coefficient (Wildman–Crippen LogP) is 9.44. The minimum atomic E-state index is -4.47. The first-order valence-corrected chi connectivity index (χ1v) is 15.8. The third kappa shape index (κ3) is 7.63. The van der Waals surface area contributed by atoms with Crippen LogP contribution in [0.1, 0.15) is 45.8 Å². The summed E-state index contributed by atoms with van der Waals surface area (Å²) in [5.74, 6) is -0.228. The summed E-state index contributed by atoms with van der Waals surface area (Å²) in [6.07, 6.45) is -2.62. The van der Waals surface area contributed by atoms with Crippen molar-refractivity contribution in [3.05, 3.63) is 156 Å². The van der Waals surface area contributed by atoms with Crippen molar-refractivity contribution in [1.82, 2.24) is 0 Å². The van der Waals surface area contributed by atoms with Crippen LogP contribution in [-0.2, 0) is 17.4 Å². The first-order valence-electron chi connectivity index (χ1n) is 15.8. The predicted molar refractivity (Wildman–Crippen MR) is 181 cm³/mol. The van der Waals surface area contributed by atoms with Crippen LogP contribution in [0.4, 0.5) is 24.5 Å². The van der Waals surface area contributed by atoms with Gasteiger partial charge in [0.1, 0.15) is 0 Å². The largest absolute Gasteiger partial charge is 0.416 e. The number of piperidine rings is 1. The second kappa shape index (κ2) is 14.1. The van der Waals surface area contributed by atoms with E-state index in [0.29, 0.717) is 16.7 Å². The number of nitrogens with one attached hydrogen (secondary N) is 1. The molecule has 5 aromatic carbocycles. The van der Waals surface area contributed by atoms with Crippen molar-refractivity contribution in [3.8, 4) is 11.1 Å². The maximum Gasteiger partial charge on any atom is 0.416 e. The number of Topliss-reactive ketones (excluding diaryl/α,β-unsaturated/α-hetero) is 1.